The fraction of sp³-hybridized carbons (Fsp3) is 0.217. The second-order valence-corrected chi connectivity index (χ2v) is 6.46. The number of rotatable bonds is 10. The Morgan fingerprint density at radius 2 is 1.19 bits per heavy atom. The number of benzene rings is 3. The van der Waals surface area contributed by atoms with Crippen molar-refractivity contribution < 1.29 is 5.11 Å². The van der Waals surface area contributed by atoms with Crippen molar-refractivity contribution in [3.63, 3.8) is 0 Å². The maximum absolute atomic E-state index is 8.95. The summed E-state index contributed by atoms with van der Waals surface area (Å²) in [6.45, 7) is 3.04. The molecule has 3 aromatic carbocycles. The zero-order valence-electron chi connectivity index (χ0n) is 15.5. The molecule has 0 amide bonds. The van der Waals surface area contributed by atoms with Gasteiger partial charge in [0, 0.05) is 26.2 Å². The zero-order valence-corrected chi connectivity index (χ0v) is 15.5. The summed E-state index contributed by atoms with van der Waals surface area (Å²) in [6.07, 6.45) is 0. The molecule has 27 heavy (non-hydrogen) atoms. The largest absolute Gasteiger partial charge is 0.395 e. The maximum Gasteiger partial charge on any atom is 0.0582 e. The number of hydrogen-bond donors (Lipinski definition) is 4. The van der Waals surface area contributed by atoms with E-state index in [1.165, 1.54) is 16.7 Å². The second kappa shape index (κ2) is 10.4. The van der Waals surface area contributed by atoms with Crippen LogP contribution in [0.1, 0.15) is 16.7 Å². The van der Waals surface area contributed by atoms with Gasteiger partial charge in [-0.2, -0.15) is 0 Å². The molecular weight excluding hydrogens is 334 g/mol. The van der Waals surface area contributed by atoms with Crippen molar-refractivity contribution in [3.05, 3.63) is 95.6 Å². The van der Waals surface area contributed by atoms with E-state index in [4.69, 9.17) is 5.11 Å². The van der Waals surface area contributed by atoms with Crippen molar-refractivity contribution in [2.45, 2.75) is 19.6 Å². The van der Waals surface area contributed by atoms with E-state index in [-0.39, 0.29) is 6.61 Å². The van der Waals surface area contributed by atoms with Crippen molar-refractivity contribution in [2.24, 2.45) is 0 Å². The Morgan fingerprint density at radius 1 is 0.593 bits per heavy atom. The molecule has 0 fully saturated rings. The van der Waals surface area contributed by atoms with E-state index in [9.17, 15) is 0 Å². The number of aliphatic hydroxyl groups is 1. The second-order valence-electron chi connectivity index (χ2n) is 6.46. The van der Waals surface area contributed by atoms with E-state index in [1.807, 2.05) is 12.1 Å². The minimum atomic E-state index is 0.149. The molecule has 140 valence electrons. The molecule has 4 nitrogen and oxygen atoms in total. The molecule has 4 N–H and O–H groups in total. The lowest BCUT2D eigenvalue weighted by molar-refractivity contribution is 0.292. The van der Waals surface area contributed by atoms with Crippen LogP contribution in [0.25, 0.3) is 0 Å². The summed E-state index contributed by atoms with van der Waals surface area (Å²) in [5.74, 6) is 0. The summed E-state index contributed by atoms with van der Waals surface area (Å²) in [5, 5.41) is 19.3. The van der Waals surface area contributed by atoms with Crippen LogP contribution in [0.5, 0.6) is 0 Å². The average Bonchev–Trinajstić information content (AvgIpc) is 2.73. The Morgan fingerprint density at radius 3 is 1.78 bits per heavy atom. The van der Waals surface area contributed by atoms with Gasteiger partial charge in [-0.05, 0) is 28.8 Å². The van der Waals surface area contributed by atoms with Gasteiger partial charge >= 0.3 is 0 Å². The van der Waals surface area contributed by atoms with Crippen LogP contribution in [0, 0.1) is 0 Å². The first kappa shape index (κ1) is 19.0. The molecule has 0 spiro atoms. The number of anilines is 2. The molecule has 0 unspecified atom stereocenters. The molecular formula is C23H27N3O. The molecule has 0 bridgehead atoms. The van der Waals surface area contributed by atoms with Crippen LogP contribution in [0.15, 0.2) is 78.9 Å². The molecule has 3 rings (SSSR count). The monoisotopic (exact) mass is 361 g/mol. The van der Waals surface area contributed by atoms with E-state index in [0.29, 0.717) is 6.54 Å². The van der Waals surface area contributed by atoms with Crippen LogP contribution < -0.4 is 16.0 Å². The first-order valence-electron chi connectivity index (χ1n) is 9.35. The van der Waals surface area contributed by atoms with Gasteiger partial charge in [-0.15, -0.1) is 0 Å². The molecule has 0 saturated carbocycles. The minimum absolute atomic E-state index is 0.149. The Balaban J connectivity index is 1.71. The highest BCUT2D eigenvalue weighted by Gasteiger charge is 2.05. The predicted octanol–water partition coefficient (Wildman–Crippen LogP) is 3.99. The highest BCUT2D eigenvalue weighted by atomic mass is 16.3. The molecule has 0 radical (unpaired) electrons. The molecule has 0 saturated heterocycles. The molecule has 0 aromatic heterocycles. The SMILES string of the molecule is OCCNCc1ccc(NCc2ccccc2)c(NCc2ccccc2)c1. The van der Waals surface area contributed by atoms with Crippen LogP contribution in [0.4, 0.5) is 11.4 Å². The Kier molecular flexibility index (Phi) is 7.27. The van der Waals surface area contributed by atoms with Gasteiger partial charge in [0.15, 0.2) is 0 Å². The standard InChI is InChI=1S/C23H27N3O/c27-14-13-24-16-21-11-12-22(25-17-19-7-3-1-4-8-19)23(15-21)26-18-20-9-5-2-6-10-20/h1-12,15,24-27H,13-14,16-18H2. The fourth-order valence-corrected chi connectivity index (χ4v) is 2.90. The molecule has 0 aliphatic rings. The highest BCUT2D eigenvalue weighted by molar-refractivity contribution is 5.70. The Hall–Kier alpha value is -2.82. The van der Waals surface area contributed by atoms with Gasteiger partial charge in [0.2, 0.25) is 0 Å². The van der Waals surface area contributed by atoms with Crippen molar-refractivity contribution in [1.82, 2.24) is 5.32 Å². The van der Waals surface area contributed by atoms with Gasteiger partial charge in [-0.3, -0.25) is 0 Å². The molecule has 4 heteroatoms. The molecule has 0 aliphatic carbocycles. The van der Waals surface area contributed by atoms with Crippen molar-refractivity contribution in [1.29, 1.82) is 0 Å². The lowest BCUT2D eigenvalue weighted by Gasteiger charge is -2.16. The first-order chi connectivity index (χ1) is 13.3. The van der Waals surface area contributed by atoms with Gasteiger partial charge < -0.3 is 21.1 Å². The van der Waals surface area contributed by atoms with E-state index in [0.717, 1.165) is 31.0 Å². The van der Waals surface area contributed by atoms with E-state index < -0.39 is 0 Å². The molecule has 0 heterocycles. The lowest BCUT2D eigenvalue weighted by atomic mass is 10.1. The fourth-order valence-electron chi connectivity index (χ4n) is 2.90. The topological polar surface area (TPSA) is 56.3 Å². The maximum atomic E-state index is 8.95. The first-order valence-corrected chi connectivity index (χ1v) is 9.35. The van der Waals surface area contributed by atoms with Crippen LogP contribution in [-0.2, 0) is 19.6 Å². The smallest absolute Gasteiger partial charge is 0.0582 e. The highest BCUT2D eigenvalue weighted by Crippen LogP contribution is 2.25. The van der Waals surface area contributed by atoms with Gasteiger partial charge in [-0.1, -0.05) is 66.7 Å². The van der Waals surface area contributed by atoms with E-state index in [1.54, 1.807) is 0 Å². The third kappa shape index (κ3) is 6.13. The normalized spacial score (nSPS) is 10.6. The predicted molar refractivity (Wildman–Crippen MR) is 113 cm³/mol. The quantitative estimate of drug-likeness (QED) is 0.413. The number of aliphatic hydroxyl groups excluding tert-OH is 1. The van der Waals surface area contributed by atoms with Crippen LogP contribution in [0.3, 0.4) is 0 Å². The van der Waals surface area contributed by atoms with Crippen LogP contribution >= 0.6 is 0 Å². The average molecular weight is 361 g/mol. The minimum Gasteiger partial charge on any atom is -0.395 e. The summed E-state index contributed by atoms with van der Waals surface area (Å²) in [7, 11) is 0. The van der Waals surface area contributed by atoms with Gasteiger partial charge in [0.05, 0.1) is 18.0 Å². The van der Waals surface area contributed by atoms with Gasteiger partial charge in [0.25, 0.3) is 0 Å². The van der Waals surface area contributed by atoms with Crippen LogP contribution in [-0.4, -0.2) is 18.3 Å². The Bertz CT molecular complexity index is 806. The number of nitrogens with one attached hydrogen (secondary N) is 3. The van der Waals surface area contributed by atoms with Crippen molar-refractivity contribution in [3.8, 4) is 0 Å². The van der Waals surface area contributed by atoms with E-state index in [2.05, 4.69) is 82.7 Å². The zero-order chi connectivity index (χ0) is 18.7. The molecule has 0 atom stereocenters. The van der Waals surface area contributed by atoms with E-state index >= 15 is 0 Å². The van der Waals surface area contributed by atoms with Gasteiger partial charge in [0.1, 0.15) is 0 Å². The van der Waals surface area contributed by atoms with Crippen LogP contribution in [0.2, 0.25) is 0 Å². The summed E-state index contributed by atoms with van der Waals surface area (Å²) in [5.41, 5.74) is 5.85. The van der Waals surface area contributed by atoms with Crippen molar-refractivity contribution >= 4 is 11.4 Å². The third-order valence-corrected chi connectivity index (χ3v) is 4.35. The lowest BCUT2D eigenvalue weighted by Crippen LogP contribution is -2.17. The number of hydrogen-bond acceptors (Lipinski definition) is 4. The summed E-state index contributed by atoms with van der Waals surface area (Å²) >= 11 is 0. The summed E-state index contributed by atoms with van der Waals surface area (Å²) < 4.78 is 0. The third-order valence-electron chi connectivity index (χ3n) is 4.35. The summed E-state index contributed by atoms with van der Waals surface area (Å²) in [4.78, 5) is 0. The molecule has 3 aromatic rings. The van der Waals surface area contributed by atoms with Crippen molar-refractivity contribution in [2.75, 3.05) is 23.8 Å². The Labute approximate surface area is 161 Å². The molecule has 0 aliphatic heterocycles. The summed E-state index contributed by atoms with van der Waals surface area (Å²) in [6, 6.07) is 27.2. The van der Waals surface area contributed by atoms with Gasteiger partial charge in [-0.25, -0.2) is 0 Å².